The molecule has 0 saturated carbocycles. The summed E-state index contributed by atoms with van der Waals surface area (Å²) in [6.07, 6.45) is 12.1. The summed E-state index contributed by atoms with van der Waals surface area (Å²) < 4.78 is 0. The van der Waals surface area contributed by atoms with Gasteiger partial charge in [0.05, 0.1) is 0 Å². The molecule has 23 heavy (non-hydrogen) atoms. The monoisotopic (exact) mass is 304 g/mol. The number of rotatable bonds is 6. The average Bonchev–Trinajstić information content (AvgIpc) is 2.58. The van der Waals surface area contributed by atoms with E-state index < -0.39 is 0 Å². The van der Waals surface area contributed by atoms with E-state index in [1.54, 1.807) is 11.1 Å². The summed E-state index contributed by atoms with van der Waals surface area (Å²) >= 11 is 0. The molecule has 1 atom stereocenters. The van der Waals surface area contributed by atoms with Gasteiger partial charge in [0, 0.05) is 0 Å². The van der Waals surface area contributed by atoms with Crippen LogP contribution in [-0.4, -0.2) is 0 Å². The highest BCUT2D eigenvalue weighted by atomic mass is 14.2. The second kappa shape index (κ2) is 7.64. The molecule has 0 amide bonds. The van der Waals surface area contributed by atoms with E-state index in [0.29, 0.717) is 5.92 Å². The van der Waals surface area contributed by atoms with Crippen LogP contribution < -0.4 is 0 Å². The molecule has 0 fully saturated rings. The Labute approximate surface area is 141 Å². The van der Waals surface area contributed by atoms with Crippen LogP contribution in [0, 0.1) is 6.92 Å². The fourth-order valence-electron chi connectivity index (χ4n) is 3.77. The molecule has 0 heteroatoms. The van der Waals surface area contributed by atoms with Crippen molar-refractivity contribution in [2.24, 2.45) is 0 Å². The van der Waals surface area contributed by atoms with Crippen molar-refractivity contribution in [1.29, 1.82) is 0 Å². The third kappa shape index (κ3) is 4.13. The van der Waals surface area contributed by atoms with Gasteiger partial charge in [-0.25, -0.2) is 0 Å². The van der Waals surface area contributed by atoms with Crippen LogP contribution in [0.1, 0.15) is 66.3 Å². The first-order valence-corrected chi connectivity index (χ1v) is 9.08. The molecule has 2 aromatic rings. The van der Waals surface area contributed by atoms with Crippen LogP contribution in [0.3, 0.4) is 0 Å². The molecular weight excluding hydrogens is 276 g/mol. The van der Waals surface area contributed by atoms with Gasteiger partial charge < -0.3 is 0 Å². The van der Waals surface area contributed by atoms with Crippen molar-refractivity contribution in [3.8, 4) is 0 Å². The van der Waals surface area contributed by atoms with Crippen molar-refractivity contribution in [2.45, 2.75) is 58.3 Å². The molecule has 0 aromatic heterocycles. The maximum Gasteiger partial charge on any atom is -0.0187 e. The van der Waals surface area contributed by atoms with Crippen LogP contribution >= 0.6 is 0 Å². The van der Waals surface area contributed by atoms with Crippen LogP contribution in [0.4, 0.5) is 0 Å². The van der Waals surface area contributed by atoms with Gasteiger partial charge in [-0.05, 0) is 67.2 Å². The first-order chi connectivity index (χ1) is 11.2. The molecule has 1 aliphatic carbocycles. The molecule has 0 saturated heterocycles. The number of fused-ring (bicyclic) bond motifs is 1. The second-order valence-corrected chi connectivity index (χ2v) is 6.99. The highest BCUT2D eigenvalue weighted by Crippen LogP contribution is 2.30. The summed E-state index contributed by atoms with van der Waals surface area (Å²) in [5.41, 5.74) is 7.49. The van der Waals surface area contributed by atoms with Crippen LogP contribution in [0.15, 0.2) is 48.5 Å². The van der Waals surface area contributed by atoms with Crippen molar-refractivity contribution >= 4 is 6.08 Å². The van der Waals surface area contributed by atoms with Crippen molar-refractivity contribution in [1.82, 2.24) is 0 Å². The SMILES string of the molecule is Cc1cccc(CCCC[C@H](C)c2cccc3c2CCC=C3)c1. The smallest absolute Gasteiger partial charge is 0.0187 e. The first kappa shape index (κ1) is 16.1. The normalized spacial score (nSPS) is 14.5. The minimum atomic E-state index is 0.675. The number of aryl methyl sites for hydroxylation is 2. The number of unbranched alkanes of at least 4 members (excludes halogenated alkanes) is 1. The summed E-state index contributed by atoms with van der Waals surface area (Å²) in [5, 5.41) is 0. The van der Waals surface area contributed by atoms with E-state index in [1.165, 1.54) is 55.2 Å². The van der Waals surface area contributed by atoms with Gasteiger partial charge in [-0.2, -0.15) is 0 Å². The van der Waals surface area contributed by atoms with Gasteiger partial charge in [-0.3, -0.25) is 0 Å². The molecule has 0 heterocycles. The maximum absolute atomic E-state index is 2.40. The minimum absolute atomic E-state index is 0.675. The van der Waals surface area contributed by atoms with Gasteiger partial charge in [-0.1, -0.05) is 73.5 Å². The van der Waals surface area contributed by atoms with Gasteiger partial charge in [0.1, 0.15) is 0 Å². The Morgan fingerprint density at radius 2 is 1.91 bits per heavy atom. The molecule has 2 aromatic carbocycles. The van der Waals surface area contributed by atoms with Gasteiger partial charge in [-0.15, -0.1) is 0 Å². The fourth-order valence-corrected chi connectivity index (χ4v) is 3.77. The first-order valence-electron chi connectivity index (χ1n) is 9.08. The zero-order valence-electron chi connectivity index (χ0n) is 14.5. The third-order valence-corrected chi connectivity index (χ3v) is 5.07. The average molecular weight is 304 g/mol. The summed E-state index contributed by atoms with van der Waals surface area (Å²) in [5.74, 6) is 0.675. The van der Waals surface area contributed by atoms with Crippen LogP contribution in [0.2, 0.25) is 0 Å². The van der Waals surface area contributed by atoms with E-state index in [-0.39, 0.29) is 0 Å². The van der Waals surface area contributed by atoms with Crippen LogP contribution in [0.25, 0.3) is 6.08 Å². The predicted molar refractivity (Wildman–Crippen MR) is 101 cm³/mol. The molecule has 120 valence electrons. The van der Waals surface area contributed by atoms with Crippen molar-refractivity contribution in [3.05, 3.63) is 76.4 Å². The summed E-state index contributed by atoms with van der Waals surface area (Å²) in [6.45, 7) is 4.58. The van der Waals surface area contributed by atoms with E-state index >= 15 is 0 Å². The number of hydrogen-bond donors (Lipinski definition) is 0. The van der Waals surface area contributed by atoms with Crippen molar-refractivity contribution in [3.63, 3.8) is 0 Å². The topological polar surface area (TPSA) is 0 Å². The largest absolute Gasteiger partial charge is 0.0836 e. The van der Waals surface area contributed by atoms with E-state index in [9.17, 15) is 0 Å². The predicted octanol–water partition coefficient (Wildman–Crippen LogP) is 6.47. The lowest BCUT2D eigenvalue weighted by Crippen LogP contribution is -2.04. The lowest BCUT2D eigenvalue weighted by Gasteiger charge is -2.20. The quantitative estimate of drug-likeness (QED) is 0.536. The van der Waals surface area contributed by atoms with Gasteiger partial charge >= 0.3 is 0 Å². The Morgan fingerprint density at radius 3 is 2.78 bits per heavy atom. The molecular formula is C23H28. The molecule has 0 aliphatic heterocycles. The van der Waals surface area contributed by atoms with Gasteiger partial charge in [0.25, 0.3) is 0 Å². The number of benzene rings is 2. The fraction of sp³-hybridized carbons (Fsp3) is 0.391. The summed E-state index contributed by atoms with van der Waals surface area (Å²) in [4.78, 5) is 0. The minimum Gasteiger partial charge on any atom is -0.0836 e. The standard InChI is InChI=1S/C23H28/c1-18-9-7-12-20(17-18)11-4-3-10-19(2)22-16-8-14-21-13-5-6-15-23(21)22/h5,7-9,12-14,16-17,19H,3-4,6,10-11,15H2,1-2H3/t19-/m0/s1. The van der Waals surface area contributed by atoms with Crippen LogP contribution in [-0.2, 0) is 12.8 Å². The van der Waals surface area contributed by atoms with E-state index in [2.05, 4.69) is 68.5 Å². The highest BCUT2D eigenvalue weighted by molar-refractivity contribution is 5.58. The lowest BCUT2D eigenvalue weighted by molar-refractivity contribution is 0.600. The summed E-state index contributed by atoms with van der Waals surface area (Å²) in [6, 6.07) is 15.8. The second-order valence-electron chi connectivity index (χ2n) is 6.99. The van der Waals surface area contributed by atoms with Crippen molar-refractivity contribution < 1.29 is 0 Å². The Kier molecular flexibility index (Phi) is 5.33. The zero-order chi connectivity index (χ0) is 16.1. The molecule has 0 nitrogen and oxygen atoms in total. The Hall–Kier alpha value is -1.82. The molecule has 0 unspecified atom stereocenters. The number of allylic oxidation sites excluding steroid dienone is 1. The summed E-state index contributed by atoms with van der Waals surface area (Å²) in [7, 11) is 0. The Morgan fingerprint density at radius 1 is 1.04 bits per heavy atom. The van der Waals surface area contributed by atoms with E-state index in [4.69, 9.17) is 0 Å². The molecule has 0 radical (unpaired) electrons. The molecule has 0 bridgehead atoms. The Balaban J connectivity index is 1.54. The Bertz CT molecular complexity index is 678. The van der Waals surface area contributed by atoms with Crippen molar-refractivity contribution in [2.75, 3.05) is 0 Å². The number of hydrogen-bond acceptors (Lipinski definition) is 0. The van der Waals surface area contributed by atoms with E-state index in [0.717, 1.165) is 0 Å². The van der Waals surface area contributed by atoms with Gasteiger partial charge in [0.2, 0.25) is 0 Å². The highest BCUT2D eigenvalue weighted by Gasteiger charge is 2.14. The lowest BCUT2D eigenvalue weighted by atomic mass is 9.85. The molecule has 0 N–H and O–H groups in total. The van der Waals surface area contributed by atoms with Gasteiger partial charge in [0.15, 0.2) is 0 Å². The third-order valence-electron chi connectivity index (χ3n) is 5.07. The molecule has 1 aliphatic rings. The molecule has 0 spiro atoms. The van der Waals surface area contributed by atoms with E-state index in [1.807, 2.05) is 0 Å². The molecule has 3 rings (SSSR count). The van der Waals surface area contributed by atoms with Crippen LogP contribution in [0.5, 0.6) is 0 Å². The zero-order valence-corrected chi connectivity index (χ0v) is 14.5. The maximum atomic E-state index is 2.40.